The number of ether oxygens (including phenoxy) is 8. The predicted molar refractivity (Wildman–Crippen MR) is 220 cm³/mol. The molecule has 5 aromatic carbocycles. The standard InChI is InChI=1S/C49H56O9/c1-3-41-43(50)46(54-32-39-25-15-7-16-26-39)47(55-33-40-27-17-8-18-28-40)49(56-41)58-48-35(2)44(52-30-37-21-11-5-12-22-37)45(53-31-38-23-13-6-14-24-38)42(57-48)34-51-29-36-19-9-4-10-20-36/h4-28,35,41-50H,3,29-34H2,1-2H3/t35?,41?,42?,43-,44?,45-,46+,47?,48-,49-/m1/s1. The first-order chi connectivity index (χ1) is 28.6. The van der Waals surface area contributed by atoms with Gasteiger partial charge in [0.1, 0.15) is 30.5 Å². The van der Waals surface area contributed by atoms with E-state index in [0.717, 1.165) is 27.8 Å². The lowest BCUT2D eigenvalue weighted by Gasteiger charge is -2.49. The maximum Gasteiger partial charge on any atom is 0.189 e. The van der Waals surface area contributed by atoms with Gasteiger partial charge >= 0.3 is 0 Å². The normalized spacial score (nSPS) is 27.3. The van der Waals surface area contributed by atoms with Gasteiger partial charge in [0.2, 0.25) is 0 Å². The molecule has 5 unspecified atom stereocenters. The summed E-state index contributed by atoms with van der Waals surface area (Å²) >= 11 is 0. The minimum atomic E-state index is -0.962. The van der Waals surface area contributed by atoms with Gasteiger partial charge in [-0.25, -0.2) is 0 Å². The van der Waals surface area contributed by atoms with Gasteiger partial charge in [-0.05, 0) is 34.2 Å². The Bertz CT molecular complexity index is 1870. The average Bonchev–Trinajstić information content (AvgIpc) is 3.27. The predicted octanol–water partition coefficient (Wildman–Crippen LogP) is 8.42. The van der Waals surface area contributed by atoms with Crippen LogP contribution in [0.25, 0.3) is 0 Å². The van der Waals surface area contributed by atoms with Crippen LogP contribution in [-0.2, 0) is 70.9 Å². The number of hydrogen-bond acceptors (Lipinski definition) is 9. The van der Waals surface area contributed by atoms with Gasteiger partial charge in [-0.1, -0.05) is 166 Å². The van der Waals surface area contributed by atoms with E-state index in [1.165, 1.54) is 0 Å². The summed E-state index contributed by atoms with van der Waals surface area (Å²) in [5, 5.41) is 11.7. The lowest BCUT2D eigenvalue weighted by Crippen LogP contribution is -2.63. The molecule has 2 fully saturated rings. The number of benzene rings is 5. The first-order valence-corrected chi connectivity index (χ1v) is 20.4. The molecule has 9 nitrogen and oxygen atoms in total. The van der Waals surface area contributed by atoms with Crippen molar-refractivity contribution in [1.82, 2.24) is 0 Å². The third kappa shape index (κ3) is 11.5. The molecular formula is C49H56O9. The number of aliphatic hydroxyl groups excluding tert-OH is 1. The Hall–Kier alpha value is -4.26. The highest BCUT2D eigenvalue weighted by atomic mass is 16.8. The van der Waals surface area contributed by atoms with E-state index in [1.54, 1.807) is 0 Å². The molecule has 2 aliphatic heterocycles. The van der Waals surface area contributed by atoms with Gasteiger partial charge < -0.3 is 43.0 Å². The molecule has 10 atom stereocenters. The summed E-state index contributed by atoms with van der Waals surface area (Å²) in [5.74, 6) is -0.330. The van der Waals surface area contributed by atoms with Crippen LogP contribution in [0.2, 0.25) is 0 Å². The molecule has 2 saturated heterocycles. The van der Waals surface area contributed by atoms with Crippen LogP contribution in [0.15, 0.2) is 152 Å². The van der Waals surface area contributed by atoms with Gasteiger partial charge in [0.25, 0.3) is 0 Å². The zero-order chi connectivity index (χ0) is 39.9. The van der Waals surface area contributed by atoms with Crippen molar-refractivity contribution in [3.63, 3.8) is 0 Å². The van der Waals surface area contributed by atoms with E-state index in [4.69, 9.17) is 37.9 Å². The molecular weight excluding hydrogens is 733 g/mol. The van der Waals surface area contributed by atoms with Gasteiger partial charge in [-0.3, -0.25) is 0 Å². The van der Waals surface area contributed by atoms with Gasteiger partial charge in [0.05, 0.1) is 51.8 Å². The number of rotatable bonds is 19. The van der Waals surface area contributed by atoms with Crippen LogP contribution in [-0.4, -0.2) is 67.0 Å². The summed E-state index contributed by atoms with van der Waals surface area (Å²) < 4.78 is 53.5. The molecule has 0 aromatic heterocycles. The smallest absolute Gasteiger partial charge is 0.189 e. The molecule has 9 heteroatoms. The van der Waals surface area contributed by atoms with Crippen molar-refractivity contribution in [2.45, 2.75) is 109 Å². The Labute approximate surface area is 342 Å². The first-order valence-electron chi connectivity index (χ1n) is 20.4. The summed E-state index contributed by atoms with van der Waals surface area (Å²) in [6.45, 7) is 5.94. The molecule has 0 aliphatic carbocycles. The zero-order valence-corrected chi connectivity index (χ0v) is 33.4. The van der Waals surface area contributed by atoms with Crippen molar-refractivity contribution in [3.05, 3.63) is 179 Å². The molecule has 0 spiro atoms. The highest BCUT2D eigenvalue weighted by molar-refractivity contribution is 5.17. The molecule has 2 aliphatic rings. The van der Waals surface area contributed by atoms with Gasteiger partial charge in [-0.2, -0.15) is 0 Å². The van der Waals surface area contributed by atoms with Crippen LogP contribution in [0.3, 0.4) is 0 Å². The maximum atomic E-state index is 11.7. The van der Waals surface area contributed by atoms with Crippen LogP contribution in [0.5, 0.6) is 0 Å². The van der Waals surface area contributed by atoms with Crippen LogP contribution >= 0.6 is 0 Å². The van der Waals surface area contributed by atoms with Crippen LogP contribution < -0.4 is 0 Å². The van der Waals surface area contributed by atoms with Gasteiger partial charge in [-0.15, -0.1) is 0 Å². The molecule has 0 saturated carbocycles. The van der Waals surface area contributed by atoms with Crippen molar-refractivity contribution < 1.29 is 43.0 Å². The molecule has 7 rings (SSSR count). The van der Waals surface area contributed by atoms with E-state index in [-0.39, 0.29) is 25.7 Å². The average molecular weight is 789 g/mol. The summed E-state index contributed by atoms with van der Waals surface area (Å²) in [6.07, 6.45) is -5.87. The quantitative estimate of drug-likeness (QED) is 0.0886. The van der Waals surface area contributed by atoms with Crippen molar-refractivity contribution in [2.24, 2.45) is 5.92 Å². The Morgan fingerprint density at radius 3 is 1.28 bits per heavy atom. The second-order valence-corrected chi connectivity index (χ2v) is 15.0. The molecule has 306 valence electrons. The molecule has 5 aromatic rings. The third-order valence-corrected chi connectivity index (χ3v) is 10.8. The fourth-order valence-electron chi connectivity index (χ4n) is 7.55. The van der Waals surface area contributed by atoms with Crippen LogP contribution in [0, 0.1) is 5.92 Å². The summed E-state index contributed by atoms with van der Waals surface area (Å²) in [7, 11) is 0. The van der Waals surface area contributed by atoms with E-state index < -0.39 is 55.3 Å². The fraction of sp³-hybridized carbons (Fsp3) is 0.388. The number of hydrogen-bond donors (Lipinski definition) is 1. The second kappa shape index (κ2) is 21.7. The van der Waals surface area contributed by atoms with Crippen molar-refractivity contribution in [1.29, 1.82) is 0 Å². The molecule has 2 heterocycles. The van der Waals surface area contributed by atoms with E-state index in [0.29, 0.717) is 26.2 Å². The largest absolute Gasteiger partial charge is 0.388 e. The monoisotopic (exact) mass is 788 g/mol. The lowest BCUT2D eigenvalue weighted by atomic mass is 9.91. The molecule has 1 N–H and O–H groups in total. The van der Waals surface area contributed by atoms with Crippen molar-refractivity contribution in [3.8, 4) is 0 Å². The van der Waals surface area contributed by atoms with Crippen LogP contribution in [0.4, 0.5) is 0 Å². The van der Waals surface area contributed by atoms with E-state index in [9.17, 15) is 5.11 Å². The summed E-state index contributed by atoms with van der Waals surface area (Å²) in [5.41, 5.74) is 5.09. The summed E-state index contributed by atoms with van der Waals surface area (Å²) in [6, 6.07) is 50.1. The van der Waals surface area contributed by atoms with E-state index in [2.05, 4.69) is 19.1 Å². The summed E-state index contributed by atoms with van der Waals surface area (Å²) in [4.78, 5) is 0. The van der Waals surface area contributed by atoms with Gasteiger partial charge in [0.15, 0.2) is 12.6 Å². The van der Waals surface area contributed by atoms with Crippen LogP contribution in [0.1, 0.15) is 48.1 Å². The third-order valence-electron chi connectivity index (χ3n) is 10.8. The van der Waals surface area contributed by atoms with E-state index in [1.807, 2.05) is 146 Å². The minimum Gasteiger partial charge on any atom is -0.388 e. The SMILES string of the molecule is CCC1O[C@H](O[C@H]2OC(COCc3ccccc3)[C@@H](OCc3ccccc3)C(OCc3ccccc3)C2C)C(OCc2ccccc2)[C@@H](OCc2ccccc2)[C@@H]1O. The first kappa shape index (κ1) is 41.9. The topological polar surface area (TPSA) is 94.1 Å². The van der Waals surface area contributed by atoms with E-state index >= 15 is 0 Å². The Balaban J connectivity index is 1.17. The Morgan fingerprint density at radius 1 is 0.448 bits per heavy atom. The molecule has 0 radical (unpaired) electrons. The fourth-order valence-corrected chi connectivity index (χ4v) is 7.55. The highest BCUT2D eigenvalue weighted by Crippen LogP contribution is 2.37. The Kier molecular flexibility index (Phi) is 15.6. The second-order valence-electron chi connectivity index (χ2n) is 15.0. The molecule has 58 heavy (non-hydrogen) atoms. The zero-order valence-electron chi connectivity index (χ0n) is 33.4. The molecule has 0 bridgehead atoms. The van der Waals surface area contributed by atoms with Gasteiger partial charge in [0, 0.05) is 5.92 Å². The molecule has 0 amide bonds. The highest BCUT2D eigenvalue weighted by Gasteiger charge is 2.51. The van der Waals surface area contributed by atoms with Crippen molar-refractivity contribution >= 4 is 0 Å². The number of aliphatic hydroxyl groups is 1. The Morgan fingerprint density at radius 2 is 0.828 bits per heavy atom. The minimum absolute atomic E-state index is 0.227. The maximum absolute atomic E-state index is 11.7. The lowest BCUT2D eigenvalue weighted by molar-refractivity contribution is -0.380. The van der Waals surface area contributed by atoms with Crippen molar-refractivity contribution in [2.75, 3.05) is 6.61 Å².